The highest BCUT2D eigenvalue weighted by molar-refractivity contribution is 5.97. The maximum absolute atomic E-state index is 6.47. The van der Waals surface area contributed by atoms with Crippen molar-refractivity contribution in [2.45, 2.75) is 32.1 Å². The molecular formula is C51H39NO. The van der Waals surface area contributed by atoms with E-state index in [2.05, 4.69) is 195 Å². The van der Waals surface area contributed by atoms with Crippen molar-refractivity contribution in [3.05, 3.63) is 192 Å². The molecule has 10 rings (SSSR count). The Hall–Kier alpha value is -6.38. The van der Waals surface area contributed by atoms with Crippen LogP contribution in [0.3, 0.4) is 0 Å². The third kappa shape index (κ3) is 5.09. The first-order chi connectivity index (χ1) is 26.1. The molecule has 0 aliphatic heterocycles. The van der Waals surface area contributed by atoms with Gasteiger partial charge in [0.1, 0.15) is 11.3 Å². The minimum Gasteiger partial charge on any atom is -0.456 e. The summed E-state index contributed by atoms with van der Waals surface area (Å²) < 4.78 is 6.47. The fraction of sp³-hybridized carbons (Fsp3) is 0.0980. The van der Waals surface area contributed by atoms with Crippen LogP contribution in [0.1, 0.15) is 42.7 Å². The highest BCUT2D eigenvalue weighted by atomic mass is 16.3. The first-order valence-electron chi connectivity index (χ1n) is 18.7. The number of aryl methyl sites for hydroxylation is 1. The van der Waals surface area contributed by atoms with Gasteiger partial charge in [0.15, 0.2) is 0 Å². The number of rotatable bonds is 6. The summed E-state index contributed by atoms with van der Waals surface area (Å²) in [6, 6.07) is 59.7. The van der Waals surface area contributed by atoms with E-state index in [0.717, 1.165) is 52.4 Å². The number of benzene rings is 7. The van der Waals surface area contributed by atoms with Gasteiger partial charge in [-0.05, 0) is 93.8 Å². The molecule has 2 aliphatic rings. The number of hydrogen-bond donors (Lipinski definition) is 0. The molecule has 254 valence electrons. The minimum absolute atomic E-state index is 0.0837. The normalized spacial score (nSPS) is 13.8. The maximum Gasteiger partial charge on any atom is 0.142 e. The molecule has 2 nitrogen and oxygen atoms in total. The Morgan fingerprint density at radius 2 is 1.09 bits per heavy atom. The summed E-state index contributed by atoms with van der Waals surface area (Å²) in [4.78, 5) is 2.39. The van der Waals surface area contributed by atoms with Crippen LogP contribution in [0, 0.1) is 0 Å². The van der Waals surface area contributed by atoms with E-state index < -0.39 is 0 Å². The highest BCUT2D eigenvalue weighted by Crippen LogP contribution is 2.52. The van der Waals surface area contributed by atoms with E-state index >= 15 is 0 Å². The van der Waals surface area contributed by atoms with Crippen molar-refractivity contribution >= 4 is 34.1 Å². The first-order valence-corrected chi connectivity index (χ1v) is 18.7. The highest BCUT2D eigenvalue weighted by Gasteiger charge is 2.37. The summed E-state index contributed by atoms with van der Waals surface area (Å²) in [7, 11) is 0. The second kappa shape index (κ2) is 12.4. The zero-order chi connectivity index (χ0) is 35.5. The Bertz CT molecular complexity index is 2680. The fourth-order valence-electron chi connectivity index (χ4n) is 8.85. The SMILES string of the molecule is CC1(C)c2ccccc2-c2cccc(-c3ccc(N(c4ccc(-c5cccc6c7c(oc56)C=CCC7)cc4)c4ccccc4-c4ccccc4)cc3)c21. The van der Waals surface area contributed by atoms with Crippen LogP contribution in [0.15, 0.2) is 174 Å². The van der Waals surface area contributed by atoms with Crippen LogP contribution >= 0.6 is 0 Å². The van der Waals surface area contributed by atoms with Gasteiger partial charge < -0.3 is 9.32 Å². The Morgan fingerprint density at radius 3 is 1.87 bits per heavy atom. The molecule has 0 unspecified atom stereocenters. The summed E-state index contributed by atoms with van der Waals surface area (Å²) in [5.41, 5.74) is 18.2. The number of hydrogen-bond acceptors (Lipinski definition) is 2. The standard InChI is InChI=1S/C51H39NO/c1-51(2)46-23-9-6-17-42(46)44-21-12-19-40(49(44)51)35-26-30-37(31-27-35)52(47-24-10-7-16-39(47)34-14-4-3-5-15-34)38-32-28-36(29-33-38)41-20-13-22-45-43-18-8-11-25-48(43)53-50(41)45/h3-7,9-17,19-33H,8,18H2,1-2H3. The predicted molar refractivity (Wildman–Crippen MR) is 222 cm³/mol. The Balaban J connectivity index is 1.08. The number of para-hydroxylation sites is 2. The Kier molecular flexibility index (Phi) is 7.33. The minimum atomic E-state index is -0.0837. The van der Waals surface area contributed by atoms with Crippen molar-refractivity contribution in [1.29, 1.82) is 0 Å². The van der Waals surface area contributed by atoms with E-state index in [1.165, 1.54) is 55.5 Å². The van der Waals surface area contributed by atoms with Gasteiger partial charge in [-0.15, -0.1) is 0 Å². The van der Waals surface area contributed by atoms with Gasteiger partial charge in [-0.25, -0.2) is 0 Å². The van der Waals surface area contributed by atoms with E-state index in [4.69, 9.17) is 4.42 Å². The van der Waals surface area contributed by atoms with Gasteiger partial charge in [-0.3, -0.25) is 0 Å². The summed E-state index contributed by atoms with van der Waals surface area (Å²) >= 11 is 0. The molecule has 0 bridgehead atoms. The molecule has 0 radical (unpaired) electrons. The van der Waals surface area contributed by atoms with Crippen molar-refractivity contribution < 1.29 is 4.42 Å². The molecule has 2 aliphatic carbocycles. The van der Waals surface area contributed by atoms with Crippen molar-refractivity contribution in [2.75, 3.05) is 4.90 Å². The molecule has 0 spiro atoms. The third-order valence-corrected chi connectivity index (χ3v) is 11.4. The smallest absolute Gasteiger partial charge is 0.142 e. The van der Waals surface area contributed by atoms with Gasteiger partial charge in [-0.1, -0.05) is 153 Å². The lowest BCUT2D eigenvalue weighted by Crippen LogP contribution is -2.16. The quantitative estimate of drug-likeness (QED) is 0.174. The van der Waals surface area contributed by atoms with Crippen LogP contribution in [0.2, 0.25) is 0 Å². The van der Waals surface area contributed by atoms with E-state index in [1.807, 2.05) is 0 Å². The first kappa shape index (κ1) is 31.4. The summed E-state index contributed by atoms with van der Waals surface area (Å²) in [6.45, 7) is 4.72. The maximum atomic E-state index is 6.47. The molecule has 7 aromatic carbocycles. The molecule has 1 heterocycles. The molecule has 0 saturated heterocycles. The van der Waals surface area contributed by atoms with Gasteiger partial charge >= 0.3 is 0 Å². The molecule has 53 heavy (non-hydrogen) atoms. The van der Waals surface area contributed by atoms with Crippen molar-refractivity contribution in [2.24, 2.45) is 0 Å². The lowest BCUT2D eigenvalue weighted by atomic mass is 9.79. The number of fused-ring (bicyclic) bond motifs is 6. The Labute approximate surface area is 311 Å². The van der Waals surface area contributed by atoms with E-state index in [1.54, 1.807) is 0 Å². The number of anilines is 3. The van der Waals surface area contributed by atoms with Crippen LogP contribution in [0.4, 0.5) is 17.1 Å². The van der Waals surface area contributed by atoms with Crippen molar-refractivity contribution in [3.8, 4) is 44.5 Å². The lowest BCUT2D eigenvalue weighted by molar-refractivity contribution is 0.596. The monoisotopic (exact) mass is 681 g/mol. The molecule has 2 heteroatoms. The van der Waals surface area contributed by atoms with Crippen LogP contribution in [-0.4, -0.2) is 0 Å². The van der Waals surface area contributed by atoms with Crippen LogP contribution < -0.4 is 4.90 Å². The average Bonchev–Trinajstić information content (AvgIpc) is 3.71. The molecular weight excluding hydrogens is 643 g/mol. The molecule has 0 saturated carbocycles. The molecule has 8 aromatic rings. The van der Waals surface area contributed by atoms with E-state index in [9.17, 15) is 0 Å². The molecule has 0 atom stereocenters. The number of allylic oxidation sites excluding steroid dienone is 1. The van der Waals surface area contributed by atoms with Crippen molar-refractivity contribution in [1.82, 2.24) is 0 Å². The van der Waals surface area contributed by atoms with Gasteiger partial charge in [0.2, 0.25) is 0 Å². The van der Waals surface area contributed by atoms with Crippen LogP contribution in [-0.2, 0) is 11.8 Å². The molecule has 1 aromatic heterocycles. The van der Waals surface area contributed by atoms with E-state index in [0.29, 0.717) is 0 Å². The number of nitrogens with zero attached hydrogens (tertiary/aromatic N) is 1. The zero-order valence-electron chi connectivity index (χ0n) is 30.0. The average molecular weight is 682 g/mol. The zero-order valence-corrected chi connectivity index (χ0v) is 30.0. The number of furan rings is 1. The van der Waals surface area contributed by atoms with Crippen LogP contribution in [0.5, 0.6) is 0 Å². The fourth-order valence-corrected chi connectivity index (χ4v) is 8.85. The summed E-state index contributed by atoms with van der Waals surface area (Å²) in [5, 5.41) is 1.22. The lowest BCUT2D eigenvalue weighted by Gasteiger charge is -2.28. The summed E-state index contributed by atoms with van der Waals surface area (Å²) in [5.74, 6) is 0.996. The van der Waals surface area contributed by atoms with E-state index in [-0.39, 0.29) is 5.41 Å². The molecule has 0 fully saturated rings. The van der Waals surface area contributed by atoms with Gasteiger partial charge in [0, 0.05) is 38.9 Å². The second-order valence-electron chi connectivity index (χ2n) is 14.8. The summed E-state index contributed by atoms with van der Waals surface area (Å²) in [6.07, 6.45) is 6.42. The third-order valence-electron chi connectivity index (χ3n) is 11.4. The van der Waals surface area contributed by atoms with Crippen molar-refractivity contribution in [3.63, 3.8) is 0 Å². The predicted octanol–water partition coefficient (Wildman–Crippen LogP) is 14.2. The van der Waals surface area contributed by atoms with Crippen LogP contribution in [0.25, 0.3) is 61.6 Å². The van der Waals surface area contributed by atoms with Gasteiger partial charge in [0.05, 0.1) is 5.69 Å². The van der Waals surface area contributed by atoms with Gasteiger partial charge in [0.25, 0.3) is 0 Å². The molecule has 0 N–H and O–H groups in total. The Morgan fingerprint density at radius 1 is 0.509 bits per heavy atom. The van der Waals surface area contributed by atoms with Gasteiger partial charge in [-0.2, -0.15) is 0 Å². The largest absolute Gasteiger partial charge is 0.456 e. The second-order valence-corrected chi connectivity index (χ2v) is 14.8. The topological polar surface area (TPSA) is 16.4 Å². The molecule has 0 amide bonds.